The minimum atomic E-state index is 0.737. The topological polar surface area (TPSA) is 35.4 Å². The fourth-order valence-corrected chi connectivity index (χ4v) is 2.14. The molecule has 0 spiro atoms. The van der Waals surface area contributed by atoms with Crippen molar-refractivity contribution < 1.29 is 9.47 Å². The van der Waals surface area contributed by atoms with Crippen LogP contribution in [0, 0.1) is 0 Å². The standard InChI is InChI=1S/C16H22N2O2/c1-4-8-18-9-7-13(12-18)11-17-14-5-6-15(19-2)16(10-14)20-3/h5-7,9-10,12,17H,4,8,11H2,1-3H3. The Morgan fingerprint density at radius 1 is 1.10 bits per heavy atom. The molecule has 0 saturated heterocycles. The van der Waals surface area contributed by atoms with E-state index >= 15 is 0 Å². The lowest BCUT2D eigenvalue weighted by Gasteiger charge is -2.10. The SMILES string of the molecule is CCCn1ccc(CNc2ccc(OC)c(OC)c2)c1. The maximum absolute atomic E-state index is 5.30. The lowest BCUT2D eigenvalue weighted by molar-refractivity contribution is 0.355. The summed E-state index contributed by atoms with van der Waals surface area (Å²) in [6.45, 7) is 4.05. The van der Waals surface area contributed by atoms with E-state index in [4.69, 9.17) is 9.47 Å². The highest BCUT2D eigenvalue weighted by atomic mass is 16.5. The maximum atomic E-state index is 5.30. The molecule has 2 rings (SSSR count). The van der Waals surface area contributed by atoms with Crippen LogP contribution in [0.1, 0.15) is 18.9 Å². The van der Waals surface area contributed by atoms with Gasteiger partial charge in [0.05, 0.1) is 14.2 Å². The van der Waals surface area contributed by atoms with Crippen LogP contribution in [0.15, 0.2) is 36.7 Å². The van der Waals surface area contributed by atoms with Crippen LogP contribution in [0.4, 0.5) is 5.69 Å². The average Bonchev–Trinajstić information content (AvgIpc) is 2.93. The number of ether oxygens (including phenoxy) is 2. The Kier molecular flexibility index (Phi) is 4.93. The summed E-state index contributed by atoms with van der Waals surface area (Å²) in [5.74, 6) is 1.48. The second-order valence-corrected chi connectivity index (χ2v) is 4.68. The summed E-state index contributed by atoms with van der Waals surface area (Å²) in [6.07, 6.45) is 5.45. The van der Waals surface area contributed by atoms with Crippen molar-refractivity contribution in [3.63, 3.8) is 0 Å². The van der Waals surface area contributed by atoms with Gasteiger partial charge in [0.25, 0.3) is 0 Å². The highest BCUT2D eigenvalue weighted by molar-refractivity contribution is 5.54. The van der Waals surface area contributed by atoms with Crippen molar-refractivity contribution in [2.75, 3.05) is 19.5 Å². The first-order valence-corrected chi connectivity index (χ1v) is 6.87. The van der Waals surface area contributed by atoms with E-state index in [2.05, 4.69) is 35.3 Å². The van der Waals surface area contributed by atoms with E-state index in [1.807, 2.05) is 18.2 Å². The number of aromatic nitrogens is 1. The average molecular weight is 274 g/mol. The van der Waals surface area contributed by atoms with Crippen molar-refractivity contribution in [3.8, 4) is 11.5 Å². The fourth-order valence-electron chi connectivity index (χ4n) is 2.14. The van der Waals surface area contributed by atoms with E-state index in [1.54, 1.807) is 14.2 Å². The Balaban J connectivity index is 1.99. The second-order valence-electron chi connectivity index (χ2n) is 4.68. The zero-order chi connectivity index (χ0) is 14.4. The van der Waals surface area contributed by atoms with Gasteiger partial charge in [0.1, 0.15) is 0 Å². The van der Waals surface area contributed by atoms with E-state index in [0.717, 1.165) is 36.7 Å². The number of anilines is 1. The van der Waals surface area contributed by atoms with Crippen molar-refractivity contribution in [2.24, 2.45) is 0 Å². The summed E-state index contributed by atoms with van der Waals surface area (Å²) in [5.41, 5.74) is 2.29. The third-order valence-corrected chi connectivity index (χ3v) is 3.17. The summed E-state index contributed by atoms with van der Waals surface area (Å²) in [7, 11) is 3.29. The number of methoxy groups -OCH3 is 2. The lowest BCUT2D eigenvalue weighted by Crippen LogP contribution is -2.00. The summed E-state index contributed by atoms with van der Waals surface area (Å²) in [6, 6.07) is 7.99. The van der Waals surface area contributed by atoms with Crippen molar-refractivity contribution >= 4 is 5.69 Å². The number of hydrogen-bond donors (Lipinski definition) is 1. The number of benzene rings is 1. The van der Waals surface area contributed by atoms with Crippen LogP contribution in [0.5, 0.6) is 11.5 Å². The molecule has 0 radical (unpaired) electrons. The van der Waals surface area contributed by atoms with Gasteiger partial charge in [-0.05, 0) is 30.2 Å². The van der Waals surface area contributed by atoms with Crippen LogP contribution in [0.2, 0.25) is 0 Å². The minimum absolute atomic E-state index is 0.737. The van der Waals surface area contributed by atoms with Gasteiger partial charge < -0.3 is 19.4 Å². The molecule has 1 aromatic heterocycles. The van der Waals surface area contributed by atoms with Gasteiger partial charge in [-0.3, -0.25) is 0 Å². The molecule has 0 aliphatic heterocycles. The first-order valence-electron chi connectivity index (χ1n) is 6.87. The number of nitrogens with zero attached hydrogens (tertiary/aromatic N) is 1. The highest BCUT2D eigenvalue weighted by Gasteiger charge is 2.04. The molecular formula is C16H22N2O2. The van der Waals surface area contributed by atoms with Crippen LogP contribution in [0.25, 0.3) is 0 Å². The first-order chi connectivity index (χ1) is 9.76. The second kappa shape index (κ2) is 6.89. The van der Waals surface area contributed by atoms with Gasteiger partial charge in [0.15, 0.2) is 11.5 Å². The Morgan fingerprint density at radius 3 is 2.60 bits per heavy atom. The first kappa shape index (κ1) is 14.3. The molecule has 0 amide bonds. The van der Waals surface area contributed by atoms with E-state index in [0.29, 0.717) is 0 Å². The van der Waals surface area contributed by atoms with Crippen LogP contribution in [-0.4, -0.2) is 18.8 Å². The molecule has 1 aromatic carbocycles. The molecule has 0 unspecified atom stereocenters. The molecule has 1 N–H and O–H groups in total. The smallest absolute Gasteiger partial charge is 0.162 e. The van der Waals surface area contributed by atoms with Crippen LogP contribution in [-0.2, 0) is 13.1 Å². The number of nitrogens with one attached hydrogen (secondary N) is 1. The molecule has 0 saturated carbocycles. The minimum Gasteiger partial charge on any atom is -0.493 e. The molecule has 108 valence electrons. The van der Waals surface area contributed by atoms with Gasteiger partial charge in [0, 0.05) is 37.2 Å². The predicted molar refractivity (Wildman–Crippen MR) is 81.6 cm³/mol. The van der Waals surface area contributed by atoms with Gasteiger partial charge in [-0.15, -0.1) is 0 Å². The normalized spacial score (nSPS) is 10.3. The molecule has 4 heteroatoms. The third kappa shape index (κ3) is 3.47. The molecule has 0 atom stereocenters. The zero-order valence-corrected chi connectivity index (χ0v) is 12.3. The molecule has 0 aliphatic rings. The van der Waals surface area contributed by atoms with E-state index < -0.39 is 0 Å². The van der Waals surface area contributed by atoms with Crippen LogP contribution in [0.3, 0.4) is 0 Å². The summed E-state index contributed by atoms with van der Waals surface area (Å²) in [4.78, 5) is 0. The molecule has 1 heterocycles. The summed E-state index contributed by atoms with van der Waals surface area (Å²) in [5, 5.41) is 3.39. The monoisotopic (exact) mass is 274 g/mol. The van der Waals surface area contributed by atoms with Crippen molar-refractivity contribution in [1.29, 1.82) is 0 Å². The number of rotatable bonds is 7. The summed E-state index contributed by atoms with van der Waals surface area (Å²) >= 11 is 0. The molecule has 0 aliphatic carbocycles. The fraction of sp³-hybridized carbons (Fsp3) is 0.375. The lowest BCUT2D eigenvalue weighted by atomic mass is 10.2. The van der Waals surface area contributed by atoms with Crippen LogP contribution < -0.4 is 14.8 Å². The van der Waals surface area contributed by atoms with E-state index in [1.165, 1.54) is 5.56 Å². The third-order valence-electron chi connectivity index (χ3n) is 3.17. The van der Waals surface area contributed by atoms with Crippen molar-refractivity contribution in [3.05, 3.63) is 42.2 Å². The molecule has 4 nitrogen and oxygen atoms in total. The quantitative estimate of drug-likeness (QED) is 0.839. The van der Waals surface area contributed by atoms with Gasteiger partial charge in [0.2, 0.25) is 0 Å². The predicted octanol–water partition coefficient (Wildman–Crippen LogP) is 3.53. The van der Waals surface area contributed by atoms with Gasteiger partial charge in [-0.2, -0.15) is 0 Å². The highest BCUT2D eigenvalue weighted by Crippen LogP contribution is 2.29. The van der Waals surface area contributed by atoms with E-state index in [-0.39, 0.29) is 0 Å². The number of aryl methyl sites for hydroxylation is 1. The Morgan fingerprint density at radius 2 is 1.90 bits per heavy atom. The molecule has 20 heavy (non-hydrogen) atoms. The Hall–Kier alpha value is -2.10. The van der Waals surface area contributed by atoms with Crippen molar-refractivity contribution in [2.45, 2.75) is 26.4 Å². The zero-order valence-electron chi connectivity index (χ0n) is 12.3. The molecule has 0 bridgehead atoms. The Bertz CT molecular complexity index is 549. The van der Waals surface area contributed by atoms with Gasteiger partial charge in [-0.1, -0.05) is 6.92 Å². The Labute approximate surface area is 120 Å². The number of hydrogen-bond acceptors (Lipinski definition) is 3. The summed E-state index contributed by atoms with van der Waals surface area (Å²) < 4.78 is 12.7. The molecule has 2 aromatic rings. The van der Waals surface area contributed by atoms with Gasteiger partial charge >= 0.3 is 0 Å². The molecule has 0 fully saturated rings. The largest absolute Gasteiger partial charge is 0.493 e. The van der Waals surface area contributed by atoms with E-state index in [9.17, 15) is 0 Å². The van der Waals surface area contributed by atoms with Crippen molar-refractivity contribution in [1.82, 2.24) is 4.57 Å². The maximum Gasteiger partial charge on any atom is 0.162 e. The van der Waals surface area contributed by atoms with Gasteiger partial charge in [-0.25, -0.2) is 0 Å². The van der Waals surface area contributed by atoms with Crippen LogP contribution >= 0.6 is 0 Å². The molecular weight excluding hydrogens is 252 g/mol.